The SMILES string of the molecule is COC(=O)C(C)(Cc1ccc(OCCc2nc(-c3ccccc3)oc2C)cc1)C(C)=O. The van der Waals surface area contributed by atoms with Crippen LogP contribution >= 0.6 is 0 Å². The number of carbonyl (C=O) groups excluding carboxylic acids is 2. The Balaban J connectivity index is 1.58. The Labute approximate surface area is 182 Å². The third-order valence-electron chi connectivity index (χ3n) is 5.41. The number of esters is 1. The molecule has 6 heteroatoms. The molecule has 0 saturated carbocycles. The molecule has 0 N–H and O–H groups in total. The summed E-state index contributed by atoms with van der Waals surface area (Å²) in [7, 11) is 1.29. The second kappa shape index (κ2) is 9.60. The standard InChI is InChI=1S/C25H27NO5/c1-17-22(26-23(31-17)20-8-6-5-7-9-20)14-15-30-21-12-10-19(11-13-21)16-25(3,18(2)27)24(28)29-4/h5-13H,14-16H2,1-4H3. The van der Waals surface area contributed by atoms with Crippen LogP contribution in [0.25, 0.3) is 11.5 Å². The number of methoxy groups -OCH3 is 1. The van der Waals surface area contributed by atoms with Gasteiger partial charge in [0, 0.05) is 12.0 Å². The van der Waals surface area contributed by atoms with Gasteiger partial charge < -0.3 is 13.9 Å². The van der Waals surface area contributed by atoms with Crippen LogP contribution in [-0.4, -0.2) is 30.5 Å². The fourth-order valence-corrected chi connectivity index (χ4v) is 3.31. The smallest absolute Gasteiger partial charge is 0.319 e. The highest BCUT2D eigenvalue weighted by Crippen LogP contribution is 2.27. The predicted molar refractivity (Wildman–Crippen MR) is 117 cm³/mol. The van der Waals surface area contributed by atoms with Gasteiger partial charge in [0.25, 0.3) is 0 Å². The number of ketones is 1. The van der Waals surface area contributed by atoms with Crippen molar-refractivity contribution in [3.05, 3.63) is 71.6 Å². The molecular weight excluding hydrogens is 394 g/mol. The summed E-state index contributed by atoms with van der Waals surface area (Å²) in [5.41, 5.74) is 1.47. The van der Waals surface area contributed by atoms with Gasteiger partial charge in [0.2, 0.25) is 5.89 Å². The van der Waals surface area contributed by atoms with Gasteiger partial charge in [0.1, 0.15) is 22.7 Å². The van der Waals surface area contributed by atoms with Crippen molar-refractivity contribution in [2.75, 3.05) is 13.7 Å². The Morgan fingerprint density at radius 1 is 1.06 bits per heavy atom. The Hall–Kier alpha value is -3.41. The van der Waals surface area contributed by atoms with E-state index in [1.165, 1.54) is 14.0 Å². The fraction of sp³-hybridized carbons (Fsp3) is 0.320. The maximum absolute atomic E-state index is 12.1. The van der Waals surface area contributed by atoms with Gasteiger partial charge in [-0.3, -0.25) is 9.59 Å². The molecule has 0 aliphatic rings. The molecule has 3 rings (SSSR count). The molecule has 0 spiro atoms. The summed E-state index contributed by atoms with van der Waals surface area (Å²) >= 11 is 0. The van der Waals surface area contributed by atoms with Gasteiger partial charge in [-0.25, -0.2) is 4.98 Å². The highest BCUT2D eigenvalue weighted by molar-refractivity contribution is 6.02. The molecule has 1 atom stereocenters. The molecule has 0 fully saturated rings. The molecule has 0 aliphatic carbocycles. The quantitative estimate of drug-likeness (QED) is 0.372. The molecule has 162 valence electrons. The Morgan fingerprint density at radius 3 is 2.35 bits per heavy atom. The van der Waals surface area contributed by atoms with Gasteiger partial charge in [0.15, 0.2) is 0 Å². The maximum atomic E-state index is 12.1. The van der Waals surface area contributed by atoms with E-state index in [1.54, 1.807) is 6.92 Å². The summed E-state index contributed by atoms with van der Waals surface area (Å²) in [4.78, 5) is 28.6. The van der Waals surface area contributed by atoms with E-state index in [0.717, 1.165) is 22.6 Å². The third-order valence-corrected chi connectivity index (χ3v) is 5.41. The average molecular weight is 421 g/mol. The second-order valence-corrected chi connectivity index (χ2v) is 7.69. The number of aryl methyl sites for hydroxylation is 1. The molecule has 31 heavy (non-hydrogen) atoms. The zero-order valence-corrected chi connectivity index (χ0v) is 18.3. The lowest BCUT2D eigenvalue weighted by molar-refractivity contribution is -0.156. The van der Waals surface area contributed by atoms with Gasteiger partial charge in [-0.15, -0.1) is 0 Å². The highest BCUT2D eigenvalue weighted by atomic mass is 16.5. The van der Waals surface area contributed by atoms with Crippen molar-refractivity contribution in [2.45, 2.75) is 33.6 Å². The normalized spacial score (nSPS) is 12.8. The van der Waals surface area contributed by atoms with Crippen molar-refractivity contribution < 1.29 is 23.5 Å². The molecule has 0 saturated heterocycles. The number of hydrogen-bond donors (Lipinski definition) is 0. The lowest BCUT2D eigenvalue weighted by Gasteiger charge is -2.23. The van der Waals surface area contributed by atoms with Gasteiger partial charge in [-0.05, 0) is 57.0 Å². The number of ether oxygens (including phenoxy) is 2. The average Bonchev–Trinajstić information content (AvgIpc) is 3.15. The van der Waals surface area contributed by atoms with E-state index in [2.05, 4.69) is 4.98 Å². The number of benzene rings is 2. The van der Waals surface area contributed by atoms with Crippen LogP contribution in [0, 0.1) is 12.3 Å². The van der Waals surface area contributed by atoms with Gasteiger partial charge in [-0.2, -0.15) is 0 Å². The Morgan fingerprint density at radius 2 is 1.74 bits per heavy atom. The van der Waals surface area contributed by atoms with Crippen molar-refractivity contribution in [3.8, 4) is 17.2 Å². The van der Waals surface area contributed by atoms with E-state index in [0.29, 0.717) is 24.7 Å². The molecule has 2 aromatic carbocycles. The molecule has 0 radical (unpaired) electrons. The molecule has 0 aliphatic heterocycles. The topological polar surface area (TPSA) is 78.6 Å². The molecule has 6 nitrogen and oxygen atoms in total. The van der Waals surface area contributed by atoms with E-state index in [9.17, 15) is 9.59 Å². The molecule has 1 aromatic heterocycles. The van der Waals surface area contributed by atoms with Crippen LogP contribution in [0.4, 0.5) is 0 Å². The molecule has 1 heterocycles. The molecular formula is C25H27NO5. The van der Waals surface area contributed by atoms with Gasteiger partial charge >= 0.3 is 5.97 Å². The maximum Gasteiger partial charge on any atom is 0.319 e. The molecule has 0 amide bonds. The molecule has 0 bridgehead atoms. The first-order valence-corrected chi connectivity index (χ1v) is 10.2. The number of rotatable bonds is 9. The number of nitrogens with zero attached hydrogens (tertiary/aromatic N) is 1. The molecule has 1 unspecified atom stereocenters. The van der Waals surface area contributed by atoms with Gasteiger partial charge in [0.05, 0.1) is 19.4 Å². The lowest BCUT2D eigenvalue weighted by atomic mass is 9.80. The summed E-state index contributed by atoms with van der Waals surface area (Å²) in [5, 5.41) is 0. The van der Waals surface area contributed by atoms with Crippen LogP contribution in [0.1, 0.15) is 30.9 Å². The third kappa shape index (κ3) is 5.20. The van der Waals surface area contributed by atoms with Crippen molar-refractivity contribution >= 4 is 11.8 Å². The van der Waals surface area contributed by atoms with Crippen LogP contribution < -0.4 is 4.74 Å². The Kier molecular flexibility index (Phi) is 6.90. The minimum absolute atomic E-state index is 0.225. The van der Waals surface area contributed by atoms with Crippen molar-refractivity contribution in [2.24, 2.45) is 5.41 Å². The number of carbonyl (C=O) groups is 2. The number of oxazole rings is 1. The largest absolute Gasteiger partial charge is 0.493 e. The van der Waals surface area contributed by atoms with Crippen LogP contribution in [0.2, 0.25) is 0 Å². The van der Waals surface area contributed by atoms with Crippen LogP contribution in [0.3, 0.4) is 0 Å². The summed E-state index contributed by atoms with van der Waals surface area (Å²) in [6.45, 7) is 5.37. The summed E-state index contributed by atoms with van der Waals surface area (Å²) in [6.07, 6.45) is 0.893. The van der Waals surface area contributed by atoms with Crippen molar-refractivity contribution in [3.63, 3.8) is 0 Å². The van der Waals surface area contributed by atoms with Gasteiger partial charge in [-0.1, -0.05) is 30.3 Å². The van der Waals surface area contributed by atoms with Crippen LogP contribution in [-0.2, 0) is 27.2 Å². The lowest BCUT2D eigenvalue weighted by Crippen LogP contribution is -2.38. The zero-order valence-electron chi connectivity index (χ0n) is 18.3. The highest BCUT2D eigenvalue weighted by Gasteiger charge is 2.39. The minimum atomic E-state index is -1.20. The number of Topliss-reactive ketones (excluding diaryl/α,β-unsaturated/α-hetero) is 1. The summed E-state index contributed by atoms with van der Waals surface area (Å²) in [6, 6.07) is 17.2. The minimum Gasteiger partial charge on any atom is -0.493 e. The van der Waals surface area contributed by atoms with E-state index in [1.807, 2.05) is 61.5 Å². The molecule has 3 aromatic rings. The van der Waals surface area contributed by atoms with E-state index in [-0.39, 0.29) is 12.2 Å². The fourth-order valence-electron chi connectivity index (χ4n) is 3.31. The second-order valence-electron chi connectivity index (χ2n) is 7.69. The monoisotopic (exact) mass is 421 g/mol. The van der Waals surface area contributed by atoms with E-state index in [4.69, 9.17) is 13.9 Å². The van der Waals surface area contributed by atoms with E-state index < -0.39 is 11.4 Å². The zero-order chi connectivity index (χ0) is 22.4. The van der Waals surface area contributed by atoms with Crippen LogP contribution in [0.15, 0.2) is 59.0 Å². The Bertz CT molecular complexity index is 1040. The van der Waals surface area contributed by atoms with Crippen LogP contribution in [0.5, 0.6) is 5.75 Å². The van der Waals surface area contributed by atoms with Crippen molar-refractivity contribution in [1.82, 2.24) is 4.98 Å². The number of hydrogen-bond acceptors (Lipinski definition) is 6. The van der Waals surface area contributed by atoms with E-state index >= 15 is 0 Å². The number of aromatic nitrogens is 1. The van der Waals surface area contributed by atoms with Crippen molar-refractivity contribution in [1.29, 1.82) is 0 Å². The first-order chi connectivity index (χ1) is 14.8. The summed E-state index contributed by atoms with van der Waals surface area (Å²) in [5.74, 6) is 1.34. The first-order valence-electron chi connectivity index (χ1n) is 10.2. The first kappa shape index (κ1) is 22.3. The summed E-state index contributed by atoms with van der Waals surface area (Å²) < 4.78 is 16.4. The predicted octanol–water partition coefficient (Wildman–Crippen LogP) is 4.58.